The summed E-state index contributed by atoms with van der Waals surface area (Å²) in [7, 11) is 0. The maximum atomic E-state index is 5.79. The molecule has 2 aliphatic rings. The molecule has 2 unspecified atom stereocenters. The minimum atomic E-state index is 0. The Morgan fingerprint density at radius 1 is 0.467 bits per heavy atom. The Balaban J connectivity index is 0.000000192. The van der Waals surface area contributed by atoms with Crippen LogP contribution in [0.2, 0.25) is 0 Å². The monoisotopic (exact) mass is 702 g/mol. The summed E-state index contributed by atoms with van der Waals surface area (Å²) in [5.41, 5.74) is 10.0. The van der Waals surface area contributed by atoms with Gasteiger partial charge in [-0.2, -0.15) is 11.1 Å². The van der Waals surface area contributed by atoms with Crippen molar-refractivity contribution in [2.24, 2.45) is 0 Å². The molecule has 220 valence electrons. The SMILES string of the molecule is Cc1ccc(C2[C-]=Cc3c(-c4ccccc4)cccc32)o1.Cc1ccc(C2[C-]=Cc3c(-c4ccccc4)cccc32)o1.[Cl-].[Cl-].[Zr+4]. The van der Waals surface area contributed by atoms with Crippen molar-refractivity contribution in [3.63, 3.8) is 0 Å². The number of hydrogen-bond acceptors (Lipinski definition) is 2. The number of fused-ring (bicyclic) bond motifs is 2. The van der Waals surface area contributed by atoms with Gasteiger partial charge in [0.05, 0.1) is 11.5 Å². The fraction of sp³-hybridized carbons (Fsp3) is 0.100. The number of hydrogen-bond donors (Lipinski definition) is 0. The summed E-state index contributed by atoms with van der Waals surface area (Å²) in [6, 6.07) is 42.0. The number of allylic oxidation sites excluding steroid dienone is 2. The normalized spacial score (nSPS) is 15.1. The van der Waals surface area contributed by atoms with Crippen LogP contribution in [-0.2, 0) is 26.2 Å². The standard InChI is InChI=1S/2C20H15O.2ClH.Zr/c2*1-14-10-13-20(21-14)19-12-11-18-16(8-5-9-17(18)19)15-6-3-2-4-7-15;;;/h2*2-11,13,19H,1H3;2*1H;/q2*-1;;;+4/p-2. The summed E-state index contributed by atoms with van der Waals surface area (Å²) < 4.78 is 11.6. The van der Waals surface area contributed by atoms with Gasteiger partial charge in [0.2, 0.25) is 0 Å². The van der Waals surface area contributed by atoms with Crippen LogP contribution < -0.4 is 24.8 Å². The molecule has 2 aliphatic carbocycles. The average Bonchev–Trinajstić information content (AvgIpc) is 3.84. The van der Waals surface area contributed by atoms with E-state index in [0.717, 1.165) is 23.0 Å². The van der Waals surface area contributed by atoms with Gasteiger partial charge in [-0.05, 0) is 61.1 Å². The first-order chi connectivity index (χ1) is 20.7. The van der Waals surface area contributed by atoms with Gasteiger partial charge >= 0.3 is 26.2 Å². The van der Waals surface area contributed by atoms with Crippen LogP contribution in [0.15, 0.2) is 130 Å². The van der Waals surface area contributed by atoms with E-state index in [1.807, 2.05) is 50.2 Å². The first kappa shape index (κ1) is 34.3. The molecule has 0 fully saturated rings. The summed E-state index contributed by atoms with van der Waals surface area (Å²) in [6.07, 6.45) is 11.1. The van der Waals surface area contributed by atoms with Gasteiger partial charge in [-0.1, -0.05) is 108 Å². The zero-order valence-corrected chi connectivity index (χ0v) is 28.9. The molecule has 0 N–H and O–H groups in total. The third kappa shape index (κ3) is 6.97. The van der Waals surface area contributed by atoms with Gasteiger partial charge in [-0.3, -0.25) is 12.2 Å². The van der Waals surface area contributed by atoms with Crippen molar-refractivity contribution in [1.82, 2.24) is 0 Å². The predicted octanol–water partition coefficient (Wildman–Crippen LogP) is 4.44. The Morgan fingerprint density at radius 3 is 1.22 bits per heavy atom. The van der Waals surface area contributed by atoms with Gasteiger partial charge in [0.1, 0.15) is 11.5 Å². The van der Waals surface area contributed by atoms with E-state index >= 15 is 0 Å². The van der Waals surface area contributed by atoms with E-state index < -0.39 is 0 Å². The zero-order chi connectivity index (χ0) is 28.5. The van der Waals surface area contributed by atoms with Crippen LogP contribution in [0, 0.1) is 26.0 Å². The Labute approximate surface area is 296 Å². The quantitative estimate of drug-likeness (QED) is 0.254. The maximum Gasteiger partial charge on any atom is 4.00 e. The number of aryl methyl sites for hydroxylation is 2. The number of furan rings is 2. The molecule has 2 aromatic heterocycles. The van der Waals surface area contributed by atoms with E-state index in [2.05, 4.69) is 109 Å². The van der Waals surface area contributed by atoms with E-state index in [-0.39, 0.29) is 62.9 Å². The minimum Gasteiger partial charge on any atom is -1.00 e. The number of halogens is 2. The zero-order valence-electron chi connectivity index (χ0n) is 24.9. The molecule has 2 heterocycles. The molecule has 8 rings (SSSR count). The third-order valence-corrected chi connectivity index (χ3v) is 7.95. The smallest absolute Gasteiger partial charge is 1.00 e. The Kier molecular flexibility index (Phi) is 11.5. The average molecular weight is 705 g/mol. The Bertz CT molecular complexity index is 1780. The Morgan fingerprint density at radius 2 is 0.867 bits per heavy atom. The molecule has 0 radical (unpaired) electrons. The first-order valence-electron chi connectivity index (χ1n) is 14.3. The van der Waals surface area contributed by atoms with E-state index in [9.17, 15) is 0 Å². The van der Waals surface area contributed by atoms with Crippen LogP contribution in [-0.4, -0.2) is 0 Å². The van der Waals surface area contributed by atoms with Crippen molar-refractivity contribution in [3.05, 3.63) is 179 Å². The topological polar surface area (TPSA) is 26.3 Å². The molecule has 5 heteroatoms. The molecule has 4 aromatic carbocycles. The van der Waals surface area contributed by atoms with E-state index in [1.54, 1.807) is 0 Å². The molecule has 6 aromatic rings. The molecular weight excluding hydrogens is 675 g/mol. The van der Waals surface area contributed by atoms with Gasteiger partial charge < -0.3 is 33.6 Å². The van der Waals surface area contributed by atoms with Gasteiger partial charge in [0.15, 0.2) is 0 Å². The second-order valence-corrected chi connectivity index (χ2v) is 10.7. The molecular formula is C40H30Cl2O2Zr. The van der Waals surface area contributed by atoms with Crippen LogP contribution >= 0.6 is 0 Å². The minimum absolute atomic E-state index is 0. The van der Waals surface area contributed by atoms with Gasteiger partial charge in [0, 0.05) is 0 Å². The molecule has 0 aliphatic heterocycles. The van der Waals surface area contributed by atoms with Crippen LogP contribution in [0.3, 0.4) is 0 Å². The van der Waals surface area contributed by atoms with Gasteiger partial charge in [0.25, 0.3) is 0 Å². The van der Waals surface area contributed by atoms with E-state index in [0.29, 0.717) is 0 Å². The molecule has 0 bridgehead atoms. The Hall–Kier alpha value is -3.62. The van der Waals surface area contributed by atoms with Gasteiger partial charge in [-0.25, -0.2) is 12.2 Å². The molecule has 0 saturated carbocycles. The van der Waals surface area contributed by atoms with Crippen LogP contribution in [0.5, 0.6) is 0 Å². The fourth-order valence-electron chi connectivity index (χ4n) is 5.93. The van der Waals surface area contributed by atoms with E-state index in [1.165, 1.54) is 44.5 Å². The molecule has 0 amide bonds. The van der Waals surface area contributed by atoms with E-state index in [4.69, 9.17) is 8.83 Å². The summed E-state index contributed by atoms with van der Waals surface area (Å²) in [6.45, 7) is 3.95. The summed E-state index contributed by atoms with van der Waals surface area (Å²) >= 11 is 0. The van der Waals surface area contributed by atoms with Crippen molar-refractivity contribution in [2.45, 2.75) is 25.7 Å². The van der Waals surface area contributed by atoms with Crippen molar-refractivity contribution >= 4 is 12.2 Å². The largest absolute Gasteiger partial charge is 4.00 e. The van der Waals surface area contributed by atoms with Crippen molar-refractivity contribution < 1.29 is 59.9 Å². The molecule has 2 atom stereocenters. The fourth-order valence-corrected chi connectivity index (χ4v) is 5.93. The number of rotatable bonds is 4. The predicted molar refractivity (Wildman–Crippen MR) is 170 cm³/mol. The summed E-state index contributed by atoms with van der Waals surface area (Å²) in [5.74, 6) is 4.04. The summed E-state index contributed by atoms with van der Waals surface area (Å²) in [4.78, 5) is 0. The van der Waals surface area contributed by atoms with Crippen molar-refractivity contribution in [3.8, 4) is 22.3 Å². The third-order valence-electron chi connectivity index (χ3n) is 7.95. The second kappa shape index (κ2) is 15.1. The first-order valence-corrected chi connectivity index (χ1v) is 14.3. The molecule has 2 nitrogen and oxygen atoms in total. The second-order valence-electron chi connectivity index (χ2n) is 10.7. The number of benzene rings is 4. The van der Waals surface area contributed by atoms with Crippen LogP contribution in [0.4, 0.5) is 0 Å². The van der Waals surface area contributed by atoms with Crippen LogP contribution in [0.25, 0.3) is 34.4 Å². The molecule has 0 saturated heterocycles. The van der Waals surface area contributed by atoms with Crippen molar-refractivity contribution in [1.29, 1.82) is 0 Å². The van der Waals surface area contributed by atoms with Crippen molar-refractivity contribution in [2.75, 3.05) is 0 Å². The molecule has 0 spiro atoms. The summed E-state index contributed by atoms with van der Waals surface area (Å²) in [5, 5.41) is 0. The molecule has 45 heavy (non-hydrogen) atoms. The van der Waals surface area contributed by atoms with Gasteiger partial charge in [-0.15, -0.1) is 11.1 Å². The maximum absolute atomic E-state index is 5.79. The van der Waals surface area contributed by atoms with Crippen LogP contribution in [0.1, 0.15) is 57.1 Å².